The molecule has 2 N–H and O–H groups in total. The van der Waals surface area contributed by atoms with E-state index in [4.69, 9.17) is 10.5 Å². The number of hydrogen-bond donors (Lipinski definition) is 1. The van der Waals surface area contributed by atoms with Gasteiger partial charge < -0.3 is 15.0 Å². The van der Waals surface area contributed by atoms with E-state index >= 15 is 0 Å². The Morgan fingerprint density at radius 1 is 1.08 bits per heavy atom. The number of fused-ring (bicyclic) bond motifs is 1. The zero-order chi connectivity index (χ0) is 17.3. The van der Waals surface area contributed by atoms with Gasteiger partial charge in [-0.1, -0.05) is 6.07 Å². The number of benzene rings is 2. The molecule has 0 saturated heterocycles. The van der Waals surface area contributed by atoms with Crippen molar-refractivity contribution in [1.29, 1.82) is 0 Å². The van der Waals surface area contributed by atoms with Crippen molar-refractivity contribution < 1.29 is 13.5 Å². The molecule has 0 saturated carbocycles. The number of aromatic nitrogens is 1. The second-order valence-corrected chi connectivity index (χ2v) is 5.82. The molecular formula is C19H20F2N2O. The Morgan fingerprint density at radius 2 is 1.88 bits per heavy atom. The summed E-state index contributed by atoms with van der Waals surface area (Å²) in [5, 5.41) is 1.08. The van der Waals surface area contributed by atoms with Crippen LogP contribution in [0.1, 0.15) is 16.8 Å². The normalized spacial score (nSPS) is 11.2. The summed E-state index contributed by atoms with van der Waals surface area (Å²) in [4.78, 5) is 0. The summed E-state index contributed by atoms with van der Waals surface area (Å²) in [7, 11) is 1.63. The first-order valence-electron chi connectivity index (χ1n) is 7.85. The number of ether oxygens (including phenoxy) is 1. The lowest BCUT2D eigenvalue weighted by molar-refractivity contribution is 0.415. The van der Waals surface area contributed by atoms with Crippen molar-refractivity contribution in [2.45, 2.75) is 19.9 Å². The summed E-state index contributed by atoms with van der Waals surface area (Å²) in [5.74, 6) is -0.877. The Kier molecular flexibility index (Phi) is 4.53. The van der Waals surface area contributed by atoms with Gasteiger partial charge in [0.25, 0.3) is 0 Å². The molecule has 0 aliphatic heterocycles. The van der Waals surface area contributed by atoms with Gasteiger partial charge in [-0.15, -0.1) is 0 Å². The van der Waals surface area contributed by atoms with Crippen LogP contribution in [0.5, 0.6) is 5.75 Å². The first-order chi connectivity index (χ1) is 11.5. The molecule has 5 heteroatoms. The predicted molar refractivity (Wildman–Crippen MR) is 91.4 cm³/mol. The third-order valence-corrected chi connectivity index (χ3v) is 4.38. The summed E-state index contributed by atoms with van der Waals surface area (Å²) in [6, 6.07) is 9.89. The Morgan fingerprint density at radius 3 is 2.54 bits per heavy atom. The average Bonchev–Trinajstić information content (AvgIpc) is 2.83. The molecule has 126 valence electrons. The van der Waals surface area contributed by atoms with E-state index in [0.29, 0.717) is 18.7 Å². The molecule has 0 aliphatic carbocycles. The third kappa shape index (κ3) is 2.87. The fraction of sp³-hybridized carbons (Fsp3) is 0.263. The summed E-state index contributed by atoms with van der Waals surface area (Å²) >= 11 is 0. The van der Waals surface area contributed by atoms with Crippen LogP contribution in [0.15, 0.2) is 36.4 Å². The quantitative estimate of drug-likeness (QED) is 0.773. The van der Waals surface area contributed by atoms with Crippen LogP contribution in [0.2, 0.25) is 0 Å². The Bertz CT molecular complexity index is 887. The highest BCUT2D eigenvalue weighted by molar-refractivity contribution is 5.87. The minimum atomic E-state index is -0.832. The summed E-state index contributed by atoms with van der Waals surface area (Å²) in [6.07, 6.45) is 0.750. The lowest BCUT2D eigenvalue weighted by atomic mass is 10.1. The molecule has 0 spiro atoms. The lowest BCUT2D eigenvalue weighted by Gasteiger charge is -2.10. The van der Waals surface area contributed by atoms with Gasteiger partial charge in [0.05, 0.1) is 7.11 Å². The van der Waals surface area contributed by atoms with Crippen molar-refractivity contribution in [2.24, 2.45) is 5.73 Å². The van der Waals surface area contributed by atoms with Crippen molar-refractivity contribution in [2.75, 3.05) is 13.7 Å². The van der Waals surface area contributed by atoms with Crippen molar-refractivity contribution in [3.8, 4) is 5.75 Å². The molecule has 0 aliphatic rings. The summed E-state index contributed by atoms with van der Waals surface area (Å²) < 4.78 is 34.1. The minimum Gasteiger partial charge on any atom is -0.497 e. The fourth-order valence-electron chi connectivity index (χ4n) is 3.14. The Labute approximate surface area is 139 Å². The average molecular weight is 330 g/mol. The molecule has 3 aromatic rings. The van der Waals surface area contributed by atoms with Crippen molar-refractivity contribution in [3.05, 3.63) is 64.9 Å². The van der Waals surface area contributed by atoms with Crippen molar-refractivity contribution >= 4 is 10.9 Å². The van der Waals surface area contributed by atoms with Crippen molar-refractivity contribution in [3.63, 3.8) is 0 Å². The monoisotopic (exact) mass is 330 g/mol. The molecule has 0 amide bonds. The minimum absolute atomic E-state index is 0.469. The second-order valence-electron chi connectivity index (χ2n) is 5.82. The van der Waals surface area contributed by atoms with Gasteiger partial charge >= 0.3 is 0 Å². The molecule has 0 unspecified atom stereocenters. The van der Waals surface area contributed by atoms with Crippen molar-refractivity contribution in [1.82, 2.24) is 4.57 Å². The summed E-state index contributed by atoms with van der Waals surface area (Å²) in [5.41, 5.74) is 9.74. The van der Waals surface area contributed by atoms with Gasteiger partial charge in [0, 0.05) is 23.1 Å². The van der Waals surface area contributed by atoms with E-state index in [1.54, 1.807) is 13.2 Å². The van der Waals surface area contributed by atoms with Crippen LogP contribution in [-0.4, -0.2) is 18.2 Å². The van der Waals surface area contributed by atoms with Crippen LogP contribution in [0, 0.1) is 18.6 Å². The van der Waals surface area contributed by atoms with E-state index in [0.717, 1.165) is 40.4 Å². The lowest BCUT2D eigenvalue weighted by Crippen LogP contribution is -2.06. The van der Waals surface area contributed by atoms with Gasteiger partial charge in [0.1, 0.15) is 5.75 Å². The van der Waals surface area contributed by atoms with Crippen LogP contribution >= 0.6 is 0 Å². The molecule has 24 heavy (non-hydrogen) atoms. The van der Waals surface area contributed by atoms with Crippen LogP contribution in [0.25, 0.3) is 10.9 Å². The molecule has 3 nitrogen and oxygen atoms in total. The molecule has 2 aromatic carbocycles. The largest absolute Gasteiger partial charge is 0.497 e. The first-order valence-corrected chi connectivity index (χ1v) is 7.85. The SMILES string of the molecule is COc1ccc2c(c1)c(CCN)c(C)n2Cc1ccc(F)c(F)c1. The molecule has 0 fully saturated rings. The predicted octanol–water partition coefficient (Wildman–Crippen LogP) is 3.79. The van der Waals surface area contributed by atoms with E-state index < -0.39 is 11.6 Å². The molecule has 1 heterocycles. The van der Waals surface area contributed by atoms with E-state index in [9.17, 15) is 8.78 Å². The maximum atomic E-state index is 13.5. The van der Waals surface area contributed by atoms with Gasteiger partial charge in [0.15, 0.2) is 11.6 Å². The van der Waals surface area contributed by atoms with Crippen LogP contribution in [0.3, 0.4) is 0 Å². The van der Waals surface area contributed by atoms with Gasteiger partial charge in [-0.25, -0.2) is 8.78 Å². The first kappa shape index (κ1) is 16.5. The molecular weight excluding hydrogens is 310 g/mol. The standard InChI is InChI=1S/C19H20F2N2O/c1-12-15(7-8-22)16-10-14(24-2)4-6-19(16)23(12)11-13-3-5-17(20)18(21)9-13/h3-6,9-10H,7-8,11,22H2,1-2H3. The maximum absolute atomic E-state index is 13.5. The molecule has 0 bridgehead atoms. The number of rotatable bonds is 5. The van der Waals surface area contributed by atoms with E-state index in [-0.39, 0.29) is 0 Å². The van der Waals surface area contributed by atoms with Crippen LogP contribution < -0.4 is 10.5 Å². The van der Waals surface area contributed by atoms with E-state index in [1.807, 2.05) is 25.1 Å². The smallest absolute Gasteiger partial charge is 0.159 e. The Hall–Kier alpha value is -2.40. The highest BCUT2D eigenvalue weighted by Gasteiger charge is 2.15. The molecule has 0 atom stereocenters. The second kappa shape index (κ2) is 6.61. The maximum Gasteiger partial charge on any atom is 0.159 e. The number of methoxy groups -OCH3 is 1. The number of halogens is 2. The van der Waals surface area contributed by atoms with E-state index in [2.05, 4.69) is 4.57 Å². The molecule has 0 radical (unpaired) electrons. The highest BCUT2D eigenvalue weighted by Crippen LogP contribution is 2.30. The van der Waals surface area contributed by atoms with E-state index in [1.165, 1.54) is 6.07 Å². The zero-order valence-electron chi connectivity index (χ0n) is 13.8. The van der Waals surface area contributed by atoms with Crippen LogP contribution in [0.4, 0.5) is 8.78 Å². The number of hydrogen-bond acceptors (Lipinski definition) is 2. The van der Waals surface area contributed by atoms with Gasteiger partial charge in [-0.05, 0) is 61.3 Å². The molecule has 1 aromatic heterocycles. The third-order valence-electron chi connectivity index (χ3n) is 4.38. The zero-order valence-corrected chi connectivity index (χ0v) is 13.8. The number of nitrogens with zero attached hydrogens (tertiary/aromatic N) is 1. The highest BCUT2D eigenvalue weighted by atomic mass is 19.2. The Balaban J connectivity index is 2.12. The number of nitrogens with two attached hydrogens (primary N) is 1. The van der Waals surface area contributed by atoms with Gasteiger partial charge in [0.2, 0.25) is 0 Å². The summed E-state index contributed by atoms with van der Waals surface area (Å²) in [6.45, 7) is 3.04. The van der Waals surface area contributed by atoms with Gasteiger partial charge in [-0.2, -0.15) is 0 Å². The molecule has 3 rings (SSSR count). The topological polar surface area (TPSA) is 40.2 Å². The van der Waals surface area contributed by atoms with Gasteiger partial charge in [-0.3, -0.25) is 0 Å². The van der Waals surface area contributed by atoms with Crippen LogP contribution in [-0.2, 0) is 13.0 Å². The fourth-order valence-corrected chi connectivity index (χ4v) is 3.14.